The molecule has 0 radical (unpaired) electrons. The largest absolute Gasteiger partial charge is 0.315 e. The Morgan fingerprint density at radius 3 is 2.90 bits per heavy atom. The molecule has 1 atom stereocenters. The van der Waals surface area contributed by atoms with E-state index in [4.69, 9.17) is 11.6 Å². The fourth-order valence-electron chi connectivity index (χ4n) is 2.50. The summed E-state index contributed by atoms with van der Waals surface area (Å²) in [6.07, 6.45) is 2.93. The first-order chi connectivity index (χ1) is 10.0. The van der Waals surface area contributed by atoms with Gasteiger partial charge in [0.25, 0.3) is 10.2 Å². The number of likely N-dealkylation sites (N-methyl/N-ethyl adjacent to an activating group) is 1. The van der Waals surface area contributed by atoms with Gasteiger partial charge in [0.1, 0.15) is 0 Å². The summed E-state index contributed by atoms with van der Waals surface area (Å²) in [5.41, 5.74) is 0. The third-order valence-electron chi connectivity index (χ3n) is 3.57. The highest BCUT2D eigenvalue weighted by Gasteiger charge is 2.31. The van der Waals surface area contributed by atoms with Gasteiger partial charge in [0.2, 0.25) is 0 Å². The SMILES string of the molecule is CCNCC1CCCCN1S(=O)(=O)NCc1ccc(Cl)s1. The third kappa shape index (κ3) is 4.91. The highest BCUT2D eigenvalue weighted by molar-refractivity contribution is 7.87. The lowest BCUT2D eigenvalue weighted by atomic mass is 10.1. The van der Waals surface area contributed by atoms with Gasteiger partial charge in [0, 0.05) is 30.6 Å². The predicted octanol–water partition coefficient (Wildman–Crippen LogP) is 2.20. The Labute approximate surface area is 135 Å². The van der Waals surface area contributed by atoms with Gasteiger partial charge in [-0.25, -0.2) is 0 Å². The molecule has 0 amide bonds. The number of halogens is 1. The quantitative estimate of drug-likeness (QED) is 0.791. The Hall–Kier alpha value is -0.180. The van der Waals surface area contributed by atoms with Crippen LogP contribution in [-0.2, 0) is 16.8 Å². The van der Waals surface area contributed by atoms with Crippen molar-refractivity contribution in [3.05, 3.63) is 21.3 Å². The van der Waals surface area contributed by atoms with E-state index in [2.05, 4.69) is 10.0 Å². The van der Waals surface area contributed by atoms with E-state index in [0.29, 0.717) is 24.0 Å². The molecule has 21 heavy (non-hydrogen) atoms. The Balaban J connectivity index is 1.98. The Morgan fingerprint density at radius 1 is 1.43 bits per heavy atom. The number of nitrogens with zero attached hydrogens (tertiary/aromatic N) is 1. The zero-order valence-electron chi connectivity index (χ0n) is 12.1. The average Bonchev–Trinajstić information content (AvgIpc) is 2.89. The van der Waals surface area contributed by atoms with Crippen molar-refractivity contribution in [2.45, 2.75) is 38.8 Å². The van der Waals surface area contributed by atoms with Gasteiger partial charge in [-0.15, -0.1) is 11.3 Å². The van der Waals surface area contributed by atoms with Gasteiger partial charge in [0.15, 0.2) is 0 Å². The molecule has 5 nitrogen and oxygen atoms in total. The first-order valence-electron chi connectivity index (χ1n) is 7.24. The van der Waals surface area contributed by atoms with Crippen LogP contribution in [0, 0.1) is 0 Å². The Kier molecular flexibility index (Phi) is 6.46. The molecule has 0 bridgehead atoms. The fourth-order valence-corrected chi connectivity index (χ4v) is 5.06. The number of rotatable bonds is 7. The van der Waals surface area contributed by atoms with E-state index in [-0.39, 0.29) is 6.04 Å². The van der Waals surface area contributed by atoms with Crippen LogP contribution in [-0.4, -0.2) is 38.4 Å². The molecule has 1 aromatic rings. The summed E-state index contributed by atoms with van der Waals surface area (Å²) in [4.78, 5) is 0.920. The number of piperidine rings is 1. The number of nitrogens with one attached hydrogen (secondary N) is 2. The second-order valence-electron chi connectivity index (χ2n) is 5.10. The number of thiophene rings is 1. The Morgan fingerprint density at radius 2 is 2.24 bits per heavy atom. The third-order valence-corrected chi connectivity index (χ3v) is 6.41. The maximum Gasteiger partial charge on any atom is 0.280 e. The molecule has 2 rings (SSSR count). The van der Waals surface area contributed by atoms with Crippen LogP contribution in [0.2, 0.25) is 4.34 Å². The molecule has 1 aliphatic rings. The van der Waals surface area contributed by atoms with E-state index in [1.807, 2.05) is 13.0 Å². The van der Waals surface area contributed by atoms with Gasteiger partial charge in [-0.1, -0.05) is 24.9 Å². The summed E-state index contributed by atoms with van der Waals surface area (Å²) >= 11 is 7.26. The van der Waals surface area contributed by atoms with Crippen LogP contribution in [0.3, 0.4) is 0 Å². The summed E-state index contributed by atoms with van der Waals surface area (Å²) in [5.74, 6) is 0. The lowest BCUT2D eigenvalue weighted by Gasteiger charge is -2.34. The van der Waals surface area contributed by atoms with Crippen LogP contribution in [0.25, 0.3) is 0 Å². The predicted molar refractivity (Wildman–Crippen MR) is 88.0 cm³/mol. The number of hydrogen-bond acceptors (Lipinski definition) is 4. The van der Waals surface area contributed by atoms with Crippen molar-refractivity contribution in [3.63, 3.8) is 0 Å². The monoisotopic (exact) mass is 351 g/mol. The van der Waals surface area contributed by atoms with Crippen molar-refractivity contribution in [2.24, 2.45) is 0 Å². The zero-order chi connectivity index (χ0) is 15.3. The molecule has 0 aliphatic carbocycles. The van der Waals surface area contributed by atoms with Gasteiger partial charge in [-0.05, 0) is 31.5 Å². The topological polar surface area (TPSA) is 61.4 Å². The molecule has 0 spiro atoms. The second kappa shape index (κ2) is 7.89. The molecule has 1 aromatic heterocycles. The molecule has 1 saturated heterocycles. The first kappa shape index (κ1) is 17.2. The van der Waals surface area contributed by atoms with Crippen LogP contribution >= 0.6 is 22.9 Å². The van der Waals surface area contributed by atoms with Crippen molar-refractivity contribution < 1.29 is 8.42 Å². The van der Waals surface area contributed by atoms with Crippen LogP contribution in [0.1, 0.15) is 31.1 Å². The van der Waals surface area contributed by atoms with Crippen molar-refractivity contribution in [2.75, 3.05) is 19.6 Å². The van der Waals surface area contributed by atoms with Gasteiger partial charge >= 0.3 is 0 Å². The fraction of sp³-hybridized carbons (Fsp3) is 0.692. The summed E-state index contributed by atoms with van der Waals surface area (Å²) in [6, 6.07) is 3.68. The zero-order valence-corrected chi connectivity index (χ0v) is 14.5. The molecule has 2 N–H and O–H groups in total. The molecule has 1 fully saturated rings. The highest BCUT2D eigenvalue weighted by Crippen LogP contribution is 2.23. The standard InChI is InChI=1S/C13H22ClN3O2S2/c1-2-15-9-11-5-3-4-8-17(11)21(18,19)16-10-12-6-7-13(14)20-12/h6-7,11,15-16H,2-5,8-10H2,1H3. The van der Waals surface area contributed by atoms with Crippen LogP contribution in [0.4, 0.5) is 0 Å². The van der Waals surface area contributed by atoms with E-state index in [0.717, 1.165) is 30.7 Å². The number of hydrogen-bond donors (Lipinski definition) is 2. The summed E-state index contributed by atoms with van der Waals surface area (Å²) < 4.78 is 30.0. The minimum absolute atomic E-state index is 0.0446. The lowest BCUT2D eigenvalue weighted by Crippen LogP contribution is -2.52. The smallest absolute Gasteiger partial charge is 0.280 e. The maximum absolute atomic E-state index is 12.5. The van der Waals surface area contributed by atoms with Crippen LogP contribution in [0.5, 0.6) is 0 Å². The van der Waals surface area contributed by atoms with Gasteiger partial charge in [-0.2, -0.15) is 17.4 Å². The molecule has 0 aromatic carbocycles. The molecule has 1 aliphatic heterocycles. The minimum atomic E-state index is -3.44. The maximum atomic E-state index is 12.5. The van der Waals surface area contributed by atoms with E-state index >= 15 is 0 Å². The van der Waals surface area contributed by atoms with E-state index in [1.165, 1.54) is 11.3 Å². The molecule has 1 unspecified atom stereocenters. The van der Waals surface area contributed by atoms with Crippen molar-refractivity contribution in [1.29, 1.82) is 0 Å². The lowest BCUT2D eigenvalue weighted by molar-refractivity contribution is 0.244. The summed E-state index contributed by atoms with van der Waals surface area (Å²) in [5, 5.41) is 3.25. The second-order valence-corrected chi connectivity index (χ2v) is 8.61. The molecule has 2 heterocycles. The molecule has 0 saturated carbocycles. The van der Waals surface area contributed by atoms with Gasteiger partial charge in [0.05, 0.1) is 4.34 Å². The molecular weight excluding hydrogens is 330 g/mol. The average molecular weight is 352 g/mol. The van der Waals surface area contributed by atoms with E-state index in [1.54, 1.807) is 10.4 Å². The highest BCUT2D eigenvalue weighted by atomic mass is 35.5. The van der Waals surface area contributed by atoms with Crippen molar-refractivity contribution in [1.82, 2.24) is 14.3 Å². The van der Waals surface area contributed by atoms with Gasteiger partial charge < -0.3 is 5.32 Å². The minimum Gasteiger partial charge on any atom is -0.315 e. The normalized spacial score (nSPS) is 20.8. The molecule has 8 heteroatoms. The van der Waals surface area contributed by atoms with Gasteiger partial charge in [-0.3, -0.25) is 0 Å². The summed E-state index contributed by atoms with van der Waals surface area (Å²) in [6.45, 7) is 4.48. The Bertz CT molecular complexity index is 547. The van der Waals surface area contributed by atoms with E-state index in [9.17, 15) is 8.42 Å². The van der Waals surface area contributed by atoms with Crippen molar-refractivity contribution >= 4 is 33.1 Å². The molecule has 120 valence electrons. The molecular formula is C13H22ClN3O2S2. The van der Waals surface area contributed by atoms with Crippen LogP contribution in [0.15, 0.2) is 12.1 Å². The van der Waals surface area contributed by atoms with Crippen molar-refractivity contribution in [3.8, 4) is 0 Å². The summed E-state index contributed by atoms with van der Waals surface area (Å²) in [7, 11) is -3.44. The van der Waals surface area contributed by atoms with E-state index < -0.39 is 10.2 Å². The first-order valence-corrected chi connectivity index (χ1v) is 9.87. The van der Waals surface area contributed by atoms with Crippen LogP contribution < -0.4 is 10.0 Å².